The van der Waals surface area contributed by atoms with Crippen LogP contribution in [0, 0.1) is 5.92 Å². The minimum absolute atomic E-state index is 0.488. The van der Waals surface area contributed by atoms with E-state index in [1.165, 1.54) is 0 Å². The number of thiol groups is 1. The molecule has 0 saturated heterocycles. The Balaban J connectivity index is 2.71. The first-order valence-corrected chi connectivity index (χ1v) is 3.82. The van der Waals surface area contributed by atoms with Crippen LogP contribution in [-0.4, -0.2) is 7.11 Å². The van der Waals surface area contributed by atoms with Crippen LogP contribution in [0.15, 0.2) is 22.8 Å². The van der Waals surface area contributed by atoms with Gasteiger partial charge in [0.05, 0.1) is 12.9 Å². The first-order chi connectivity index (χ1) is 4.74. The molecule has 0 aromatic carbocycles. The van der Waals surface area contributed by atoms with Gasteiger partial charge in [-0.15, -0.1) is 12.6 Å². The van der Waals surface area contributed by atoms with Gasteiger partial charge in [-0.1, -0.05) is 6.92 Å². The van der Waals surface area contributed by atoms with Crippen molar-refractivity contribution in [3.05, 3.63) is 22.8 Å². The average molecular weight is 156 g/mol. The largest absolute Gasteiger partial charge is 0.501 e. The summed E-state index contributed by atoms with van der Waals surface area (Å²) in [7, 11) is 1.71. The van der Waals surface area contributed by atoms with Gasteiger partial charge in [0.15, 0.2) is 0 Å². The van der Waals surface area contributed by atoms with Crippen molar-refractivity contribution in [2.45, 2.75) is 13.3 Å². The summed E-state index contributed by atoms with van der Waals surface area (Å²) >= 11 is 4.26. The number of allylic oxidation sites excluding steroid dienone is 4. The van der Waals surface area contributed by atoms with E-state index in [0.717, 1.165) is 17.1 Å². The molecule has 2 heteroatoms. The minimum Gasteiger partial charge on any atom is -0.501 e. The SMILES string of the molecule is COC1=CC=C(S)CC1C. The normalized spacial score (nSPS) is 25.3. The van der Waals surface area contributed by atoms with Crippen LogP contribution in [0.25, 0.3) is 0 Å². The summed E-state index contributed by atoms with van der Waals surface area (Å²) in [6, 6.07) is 0. The van der Waals surface area contributed by atoms with E-state index in [-0.39, 0.29) is 0 Å². The maximum atomic E-state index is 5.13. The van der Waals surface area contributed by atoms with Crippen LogP contribution >= 0.6 is 12.6 Å². The summed E-state index contributed by atoms with van der Waals surface area (Å²) in [4.78, 5) is 1.13. The van der Waals surface area contributed by atoms with Gasteiger partial charge in [-0.25, -0.2) is 0 Å². The molecule has 1 aliphatic carbocycles. The van der Waals surface area contributed by atoms with Gasteiger partial charge in [-0.05, 0) is 23.5 Å². The highest BCUT2D eigenvalue weighted by Gasteiger charge is 2.12. The molecular weight excluding hydrogens is 144 g/mol. The van der Waals surface area contributed by atoms with Gasteiger partial charge in [0.2, 0.25) is 0 Å². The Morgan fingerprint density at radius 1 is 1.60 bits per heavy atom. The predicted octanol–water partition coefficient (Wildman–Crippen LogP) is 2.37. The van der Waals surface area contributed by atoms with Crippen molar-refractivity contribution in [3.63, 3.8) is 0 Å². The lowest BCUT2D eigenvalue weighted by Crippen LogP contribution is -2.04. The van der Waals surface area contributed by atoms with E-state index in [1.54, 1.807) is 7.11 Å². The van der Waals surface area contributed by atoms with Crippen molar-refractivity contribution in [1.29, 1.82) is 0 Å². The van der Waals surface area contributed by atoms with Crippen LogP contribution in [0.3, 0.4) is 0 Å². The lowest BCUT2D eigenvalue weighted by molar-refractivity contribution is 0.246. The molecule has 0 aromatic heterocycles. The summed E-state index contributed by atoms with van der Waals surface area (Å²) in [5, 5.41) is 0. The van der Waals surface area contributed by atoms with Crippen LogP contribution in [-0.2, 0) is 4.74 Å². The lowest BCUT2D eigenvalue weighted by atomic mass is 10.0. The first-order valence-electron chi connectivity index (χ1n) is 3.37. The molecular formula is C8H12OS. The van der Waals surface area contributed by atoms with Crippen LogP contribution in [0.4, 0.5) is 0 Å². The molecule has 0 N–H and O–H groups in total. The molecule has 0 amide bonds. The van der Waals surface area contributed by atoms with Gasteiger partial charge >= 0.3 is 0 Å². The van der Waals surface area contributed by atoms with Crippen LogP contribution in [0.1, 0.15) is 13.3 Å². The maximum Gasteiger partial charge on any atom is 0.0987 e. The van der Waals surface area contributed by atoms with Gasteiger partial charge in [-0.2, -0.15) is 0 Å². The minimum atomic E-state index is 0.488. The topological polar surface area (TPSA) is 9.23 Å². The fourth-order valence-electron chi connectivity index (χ4n) is 1.09. The number of rotatable bonds is 1. The molecule has 1 unspecified atom stereocenters. The zero-order chi connectivity index (χ0) is 7.56. The fraction of sp³-hybridized carbons (Fsp3) is 0.500. The summed E-state index contributed by atoms with van der Waals surface area (Å²) in [5.41, 5.74) is 0. The summed E-state index contributed by atoms with van der Waals surface area (Å²) in [6.45, 7) is 2.14. The summed E-state index contributed by atoms with van der Waals surface area (Å²) in [6.07, 6.45) is 4.97. The Labute approximate surface area is 67.2 Å². The standard InChI is InChI=1S/C8H12OS/c1-6-5-7(10)3-4-8(6)9-2/h3-4,6,10H,5H2,1-2H3. The molecule has 0 aliphatic heterocycles. The first kappa shape index (κ1) is 7.73. The van der Waals surface area contributed by atoms with Crippen molar-refractivity contribution >= 4 is 12.6 Å². The third-order valence-corrected chi connectivity index (χ3v) is 2.01. The highest BCUT2D eigenvalue weighted by Crippen LogP contribution is 2.26. The fourth-order valence-corrected chi connectivity index (χ4v) is 1.44. The number of methoxy groups -OCH3 is 1. The summed E-state index contributed by atoms with van der Waals surface area (Å²) < 4.78 is 5.13. The molecule has 0 saturated carbocycles. The Bertz CT molecular complexity index is 182. The van der Waals surface area contributed by atoms with E-state index in [0.29, 0.717) is 5.92 Å². The Hall–Kier alpha value is -0.370. The Morgan fingerprint density at radius 3 is 2.80 bits per heavy atom. The molecule has 1 aliphatic rings. The van der Waals surface area contributed by atoms with Crippen LogP contribution in [0.5, 0.6) is 0 Å². The van der Waals surface area contributed by atoms with Gasteiger partial charge in [-0.3, -0.25) is 0 Å². The maximum absolute atomic E-state index is 5.13. The quantitative estimate of drug-likeness (QED) is 0.573. The zero-order valence-electron chi connectivity index (χ0n) is 6.29. The molecule has 1 nitrogen and oxygen atoms in total. The van der Waals surface area contributed by atoms with E-state index in [2.05, 4.69) is 19.6 Å². The highest BCUT2D eigenvalue weighted by molar-refractivity contribution is 7.84. The lowest BCUT2D eigenvalue weighted by Gasteiger charge is -2.17. The predicted molar refractivity (Wildman–Crippen MR) is 45.9 cm³/mol. The van der Waals surface area contributed by atoms with E-state index in [4.69, 9.17) is 4.74 Å². The highest BCUT2D eigenvalue weighted by atomic mass is 32.1. The van der Waals surface area contributed by atoms with Crippen molar-refractivity contribution in [2.75, 3.05) is 7.11 Å². The second-order valence-corrected chi connectivity index (χ2v) is 3.11. The van der Waals surface area contributed by atoms with E-state index in [9.17, 15) is 0 Å². The molecule has 0 spiro atoms. The van der Waals surface area contributed by atoms with Crippen molar-refractivity contribution < 1.29 is 4.74 Å². The van der Waals surface area contributed by atoms with Crippen molar-refractivity contribution in [3.8, 4) is 0 Å². The number of hydrogen-bond acceptors (Lipinski definition) is 2. The molecule has 0 aromatic rings. The number of ether oxygens (including phenoxy) is 1. The average Bonchev–Trinajstić information content (AvgIpc) is 1.88. The Morgan fingerprint density at radius 2 is 2.30 bits per heavy atom. The molecule has 10 heavy (non-hydrogen) atoms. The molecule has 0 radical (unpaired) electrons. The third kappa shape index (κ3) is 1.57. The third-order valence-electron chi connectivity index (χ3n) is 1.68. The molecule has 1 rings (SSSR count). The summed E-state index contributed by atoms with van der Waals surface area (Å²) in [5.74, 6) is 1.54. The van der Waals surface area contributed by atoms with E-state index < -0.39 is 0 Å². The van der Waals surface area contributed by atoms with Crippen LogP contribution in [0.2, 0.25) is 0 Å². The monoisotopic (exact) mass is 156 g/mol. The molecule has 56 valence electrons. The van der Waals surface area contributed by atoms with Crippen LogP contribution < -0.4 is 0 Å². The zero-order valence-corrected chi connectivity index (χ0v) is 7.19. The van der Waals surface area contributed by atoms with Gasteiger partial charge < -0.3 is 4.74 Å². The van der Waals surface area contributed by atoms with Gasteiger partial charge in [0.25, 0.3) is 0 Å². The second-order valence-electron chi connectivity index (χ2n) is 2.54. The van der Waals surface area contributed by atoms with Crippen molar-refractivity contribution in [2.24, 2.45) is 5.92 Å². The second kappa shape index (κ2) is 3.15. The van der Waals surface area contributed by atoms with Crippen molar-refractivity contribution in [1.82, 2.24) is 0 Å². The van der Waals surface area contributed by atoms with E-state index >= 15 is 0 Å². The molecule has 0 heterocycles. The van der Waals surface area contributed by atoms with Gasteiger partial charge in [0.1, 0.15) is 0 Å². The Kier molecular flexibility index (Phi) is 2.44. The number of hydrogen-bond donors (Lipinski definition) is 1. The molecule has 0 fully saturated rings. The van der Waals surface area contributed by atoms with Gasteiger partial charge in [0, 0.05) is 5.92 Å². The molecule has 0 bridgehead atoms. The smallest absolute Gasteiger partial charge is 0.0987 e. The molecule has 1 atom stereocenters. The van der Waals surface area contributed by atoms with E-state index in [1.807, 2.05) is 12.2 Å².